The number of sulfonamides is 1. The summed E-state index contributed by atoms with van der Waals surface area (Å²) in [5, 5.41) is 2.82. The van der Waals surface area contributed by atoms with Gasteiger partial charge in [0.2, 0.25) is 21.8 Å². The zero-order chi connectivity index (χ0) is 25.8. The minimum atomic E-state index is -4.03. The highest BCUT2D eigenvalue weighted by atomic mass is 32.2. The van der Waals surface area contributed by atoms with Crippen LogP contribution in [0.5, 0.6) is 0 Å². The van der Waals surface area contributed by atoms with Crippen molar-refractivity contribution >= 4 is 27.5 Å². The third-order valence-corrected chi connectivity index (χ3v) is 6.11. The molecular formula is C24H31F2N3O4S. The average molecular weight is 496 g/mol. The summed E-state index contributed by atoms with van der Waals surface area (Å²) in [7, 11) is -4.03. The van der Waals surface area contributed by atoms with Gasteiger partial charge in [0.25, 0.3) is 0 Å². The Morgan fingerprint density at radius 2 is 1.71 bits per heavy atom. The van der Waals surface area contributed by atoms with Crippen molar-refractivity contribution in [2.45, 2.75) is 52.7 Å². The summed E-state index contributed by atoms with van der Waals surface area (Å²) >= 11 is 0. The van der Waals surface area contributed by atoms with Gasteiger partial charge in [0.05, 0.1) is 11.9 Å². The first kappa shape index (κ1) is 27.2. The van der Waals surface area contributed by atoms with Gasteiger partial charge in [0.15, 0.2) is 11.6 Å². The third kappa shape index (κ3) is 7.51. The number of nitrogens with zero attached hydrogens (tertiary/aromatic N) is 2. The van der Waals surface area contributed by atoms with E-state index >= 15 is 0 Å². The summed E-state index contributed by atoms with van der Waals surface area (Å²) in [6.45, 7) is 8.21. The Morgan fingerprint density at radius 1 is 1.06 bits per heavy atom. The molecule has 0 heterocycles. The van der Waals surface area contributed by atoms with Gasteiger partial charge < -0.3 is 10.2 Å². The minimum absolute atomic E-state index is 0.0502. The van der Waals surface area contributed by atoms with Crippen LogP contribution < -0.4 is 9.62 Å². The van der Waals surface area contributed by atoms with Gasteiger partial charge in [-0.1, -0.05) is 29.8 Å². The third-order valence-electron chi connectivity index (χ3n) is 4.97. The zero-order valence-corrected chi connectivity index (χ0v) is 21.0. The average Bonchev–Trinajstić information content (AvgIpc) is 2.69. The van der Waals surface area contributed by atoms with Gasteiger partial charge in [-0.3, -0.25) is 13.9 Å². The summed E-state index contributed by atoms with van der Waals surface area (Å²) in [4.78, 5) is 27.5. The summed E-state index contributed by atoms with van der Waals surface area (Å²) in [5.74, 6) is -3.47. The largest absolute Gasteiger partial charge is 0.350 e. The second kappa shape index (κ2) is 10.5. The number of benzene rings is 2. The number of carbonyl (C=O) groups is 2. The van der Waals surface area contributed by atoms with Crippen molar-refractivity contribution in [3.63, 3.8) is 0 Å². The predicted molar refractivity (Wildman–Crippen MR) is 128 cm³/mol. The number of halogens is 2. The molecule has 0 bridgehead atoms. The number of rotatable bonds is 8. The Labute approximate surface area is 199 Å². The summed E-state index contributed by atoms with van der Waals surface area (Å²) in [6.07, 6.45) is 0.863. The van der Waals surface area contributed by atoms with E-state index in [0.717, 1.165) is 29.5 Å². The lowest BCUT2D eigenvalue weighted by molar-refractivity contribution is -0.140. The van der Waals surface area contributed by atoms with Gasteiger partial charge in [-0.05, 0) is 52.3 Å². The van der Waals surface area contributed by atoms with E-state index in [0.29, 0.717) is 10.4 Å². The van der Waals surface area contributed by atoms with Gasteiger partial charge in [-0.15, -0.1) is 0 Å². The Bertz CT molecular complexity index is 1160. The van der Waals surface area contributed by atoms with E-state index in [-0.39, 0.29) is 12.2 Å². The fraction of sp³-hybridized carbons (Fsp3) is 0.417. The fourth-order valence-electron chi connectivity index (χ4n) is 3.32. The molecule has 0 aliphatic carbocycles. The van der Waals surface area contributed by atoms with Crippen molar-refractivity contribution in [1.82, 2.24) is 10.2 Å². The topological polar surface area (TPSA) is 86.8 Å². The summed E-state index contributed by atoms with van der Waals surface area (Å²) < 4.78 is 52.8. The second-order valence-corrected chi connectivity index (χ2v) is 11.2. The van der Waals surface area contributed by atoms with E-state index in [1.165, 1.54) is 4.90 Å². The first-order chi connectivity index (χ1) is 15.6. The van der Waals surface area contributed by atoms with Crippen molar-refractivity contribution in [2.75, 3.05) is 17.1 Å². The van der Waals surface area contributed by atoms with Gasteiger partial charge in [0.1, 0.15) is 12.6 Å². The van der Waals surface area contributed by atoms with Crippen LogP contribution in [0.1, 0.15) is 38.8 Å². The highest BCUT2D eigenvalue weighted by Crippen LogP contribution is 2.22. The van der Waals surface area contributed by atoms with E-state index in [9.17, 15) is 26.8 Å². The molecule has 0 aliphatic rings. The fourth-order valence-corrected chi connectivity index (χ4v) is 4.16. The maximum atomic E-state index is 13.8. The predicted octanol–water partition coefficient (Wildman–Crippen LogP) is 3.37. The molecule has 2 aromatic carbocycles. The number of carbonyl (C=O) groups excluding carboxylic acids is 2. The van der Waals surface area contributed by atoms with E-state index in [1.807, 2.05) is 25.1 Å². The van der Waals surface area contributed by atoms with Crippen LogP contribution in [0.25, 0.3) is 0 Å². The number of amides is 2. The standard InChI is InChI=1S/C24H31F2N3O4S/c1-16-8-7-9-18(12-16)14-28(17(2)23(31)27-24(3,4)5)22(30)15-29(34(6,32)33)19-10-11-20(25)21(26)13-19/h7-13,17H,14-15H2,1-6H3,(H,27,31). The lowest BCUT2D eigenvalue weighted by Crippen LogP contribution is -2.54. The van der Waals surface area contributed by atoms with Crippen molar-refractivity contribution in [3.8, 4) is 0 Å². The molecule has 2 aromatic rings. The Hall–Kier alpha value is -3.01. The van der Waals surface area contributed by atoms with Gasteiger partial charge in [-0.25, -0.2) is 17.2 Å². The molecule has 7 nitrogen and oxygen atoms in total. The molecule has 1 N–H and O–H groups in total. The van der Waals surface area contributed by atoms with Crippen LogP contribution in [0.3, 0.4) is 0 Å². The zero-order valence-electron chi connectivity index (χ0n) is 20.2. The maximum Gasteiger partial charge on any atom is 0.244 e. The summed E-state index contributed by atoms with van der Waals surface area (Å²) in [6, 6.07) is 9.01. The molecule has 2 rings (SSSR count). The van der Waals surface area contributed by atoms with Crippen LogP contribution in [0.2, 0.25) is 0 Å². The number of hydrogen-bond donors (Lipinski definition) is 1. The molecular weight excluding hydrogens is 464 g/mol. The Kier molecular flexibility index (Phi) is 8.41. The van der Waals surface area contributed by atoms with E-state index < -0.39 is 51.6 Å². The molecule has 0 fully saturated rings. The molecule has 0 aliphatic heterocycles. The Balaban J connectivity index is 2.43. The molecule has 34 heavy (non-hydrogen) atoms. The first-order valence-corrected chi connectivity index (χ1v) is 12.5. The maximum absolute atomic E-state index is 13.8. The minimum Gasteiger partial charge on any atom is -0.350 e. The van der Waals surface area contributed by atoms with Gasteiger partial charge >= 0.3 is 0 Å². The van der Waals surface area contributed by atoms with Crippen LogP contribution in [0, 0.1) is 18.6 Å². The van der Waals surface area contributed by atoms with E-state index in [2.05, 4.69) is 5.32 Å². The highest BCUT2D eigenvalue weighted by Gasteiger charge is 2.31. The monoisotopic (exact) mass is 495 g/mol. The molecule has 0 saturated carbocycles. The van der Waals surface area contributed by atoms with Crippen molar-refractivity contribution in [2.24, 2.45) is 0 Å². The number of anilines is 1. The normalized spacial score (nSPS) is 12.7. The molecule has 10 heteroatoms. The van der Waals surface area contributed by atoms with Crippen LogP contribution in [0.15, 0.2) is 42.5 Å². The molecule has 0 aromatic heterocycles. The SMILES string of the molecule is Cc1cccc(CN(C(=O)CN(c2ccc(F)c(F)c2)S(C)(=O)=O)C(C)C(=O)NC(C)(C)C)c1. The molecule has 2 amide bonds. The lowest BCUT2D eigenvalue weighted by atomic mass is 10.1. The highest BCUT2D eigenvalue weighted by molar-refractivity contribution is 7.92. The lowest BCUT2D eigenvalue weighted by Gasteiger charge is -2.33. The van der Waals surface area contributed by atoms with Gasteiger partial charge in [0, 0.05) is 18.2 Å². The van der Waals surface area contributed by atoms with Crippen molar-refractivity contribution in [3.05, 3.63) is 65.2 Å². The number of hydrogen-bond acceptors (Lipinski definition) is 4. The van der Waals surface area contributed by atoms with Crippen molar-refractivity contribution in [1.29, 1.82) is 0 Å². The van der Waals surface area contributed by atoms with Crippen LogP contribution in [-0.2, 0) is 26.2 Å². The summed E-state index contributed by atoms with van der Waals surface area (Å²) in [5.41, 5.74) is 0.962. The first-order valence-electron chi connectivity index (χ1n) is 10.7. The molecule has 0 radical (unpaired) electrons. The molecule has 186 valence electrons. The van der Waals surface area contributed by atoms with E-state index in [1.54, 1.807) is 33.8 Å². The van der Waals surface area contributed by atoms with Crippen molar-refractivity contribution < 1.29 is 26.8 Å². The molecule has 1 atom stereocenters. The van der Waals surface area contributed by atoms with Crippen LogP contribution >= 0.6 is 0 Å². The molecule has 1 unspecified atom stereocenters. The Morgan fingerprint density at radius 3 is 2.24 bits per heavy atom. The quantitative estimate of drug-likeness (QED) is 0.608. The van der Waals surface area contributed by atoms with Crippen LogP contribution in [0.4, 0.5) is 14.5 Å². The van der Waals surface area contributed by atoms with Crippen LogP contribution in [-0.4, -0.2) is 49.5 Å². The smallest absolute Gasteiger partial charge is 0.244 e. The molecule has 0 spiro atoms. The second-order valence-electron chi connectivity index (χ2n) is 9.29. The van der Waals surface area contributed by atoms with Gasteiger partial charge in [-0.2, -0.15) is 0 Å². The molecule has 0 saturated heterocycles. The van der Waals surface area contributed by atoms with E-state index in [4.69, 9.17) is 0 Å². The number of nitrogens with one attached hydrogen (secondary N) is 1. The number of aryl methyl sites for hydroxylation is 1.